The van der Waals surface area contributed by atoms with Crippen molar-refractivity contribution in [2.24, 2.45) is 0 Å². The van der Waals surface area contributed by atoms with Crippen molar-refractivity contribution in [3.8, 4) is 0 Å². The fourth-order valence-electron chi connectivity index (χ4n) is 2.85. The smallest absolute Gasteiger partial charge is 0.255 e. The lowest BCUT2D eigenvalue weighted by Crippen LogP contribution is -2.15. The van der Waals surface area contributed by atoms with Crippen molar-refractivity contribution in [1.29, 1.82) is 0 Å². The van der Waals surface area contributed by atoms with Gasteiger partial charge in [-0.25, -0.2) is 4.98 Å². The first-order valence-electron chi connectivity index (χ1n) is 8.85. The number of para-hydroxylation sites is 1. The van der Waals surface area contributed by atoms with E-state index in [2.05, 4.69) is 41.6 Å². The van der Waals surface area contributed by atoms with Gasteiger partial charge in [0, 0.05) is 17.4 Å². The van der Waals surface area contributed by atoms with Gasteiger partial charge in [0.25, 0.3) is 5.91 Å². The Morgan fingerprint density at radius 2 is 1.85 bits per heavy atom. The number of nitrogens with zero attached hydrogens (tertiary/aromatic N) is 1. The molecule has 3 rings (SSSR count). The van der Waals surface area contributed by atoms with Crippen molar-refractivity contribution < 1.29 is 9.21 Å². The minimum Gasteiger partial charge on any atom is -0.467 e. The molecule has 5 nitrogen and oxygen atoms in total. The molecule has 0 radical (unpaired) electrons. The third kappa shape index (κ3) is 4.11. The number of hydrogen-bond acceptors (Lipinski definition) is 4. The van der Waals surface area contributed by atoms with Crippen LogP contribution in [0.5, 0.6) is 0 Å². The van der Waals surface area contributed by atoms with Crippen LogP contribution in [-0.2, 0) is 19.4 Å². The number of carbonyl (C=O) groups excluding carboxylic acids is 1. The molecule has 5 heteroatoms. The van der Waals surface area contributed by atoms with E-state index < -0.39 is 0 Å². The summed E-state index contributed by atoms with van der Waals surface area (Å²) >= 11 is 0. The number of nitrogens with one attached hydrogen (secondary N) is 2. The fraction of sp³-hybridized carbons (Fsp3) is 0.238. The molecule has 0 saturated heterocycles. The number of hydrogen-bond donors (Lipinski definition) is 2. The number of amides is 1. The van der Waals surface area contributed by atoms with E-state index in [9.17, 15) is 4.79 Å². The molecular weight excluding hydrogens is 326 g/mol. The van der Waals surface area contributed by atoms with Gasteiger partial charge in [0.15, 0.2) is 0 Å². The maximum Gasteiger partial charge on any atom is 0.255 e. The predicted octanol–water partition coefficient (Wildman–Crippen LogP) is 4.66. The Kier molecular flexibility index (Phi) is 5.69. The van der Waals surface area contributed by atoms with Gasteiger partial charge in [-0.15, -0.1) is 0 Å². The molecule has 0 bridgehead atoms. The van der Waals surface area contributed by atoms with Crippen LogP contribution in [0.1, 0.15) is 41.1 Å². The second-order valence-electron chi connectivity index (χ2n) is 5.98. The lowest BCUT2D eigenvalue weighted by atomic mass is 10.0. The van der Waals surface area contributed by atoms with E-state index in [-0.39, 0.29) is 5.91 Å². The topological polar surface area (TPSA) is 67.2 Å². The summed E-state index contributed by atoms with van der Waals surface area (Å²) in [6.45, 7) is 4.70. The third-order valence-electron chi connectivity index (χ3n) is 4.28. The first-order valence-corrected chi connectivity index (χ1v) is 8.85. The molecule has 0 fully saturated rings. The summed E-state index contributed by atoms with van der Waals surface area (Å²) in [5, 5.41) is 6.25. The first-order chi connectivity index (χ1) is 12.7. The highest BCUT2D eigenvalue weighted by molar-refractivity contribution is 6.05. The van der Waals surface area contributed by atoms with Crippen LogP contribution in [0.25, 0.3) is 0 Å². The Bertz CT molecular complexity index is 850. The maximum atomic E-state index is 12.8. The van der Waals surface area contributed by atoms with Crippen molar-refractivity contribution in [1.82, 2.24) is 4.98 Å². The van der Waals surface area contributed by atoms with Crippen molar-refractivity contribution in [2.45, 2.75) is 33.2 Å². The minimum absolute atomic E-state index is 0.135. The molecule has 0 aliphatic rings. The quantitative estimate of drug-likeness (QED) is 0.651. The number of pyridine rings is 1. The highest BCUT2D eigenvalue weighted by atomic mass is 16.3. The zero-order valence-corrected chi connectivity index (χ0v) is 15.1. The number of anilines is 2. The lowest BCUT2D eigenvalue weighted by Gasteiger charge is -2.14. The molecule has 2 aromatic heterocycles. The second-order valence-corrected chi connectivity index (χ2v) is 5.98. The molecule has 0 aliphatic heterocycles. The highest BCUT2D eigenvalue weighted by Crippen LogP contribution is 2.23. The molecule has 0 aliphatic carbocycles. The van der Waals surface area contributed by atoms with Crippen molar-refractivity contribution in [3.63, 3.8) is 0 Å². The van der Waals surface area contributed by atoms with Gasteiger partial charge in [-0.2, -0.15) is 0 Å². The van der Waals surface area contributed by atoms with Gasteiger partial charge in [0.1, 0.15) is 11.6 Å². The molecule has 134 valence electrons. The standard InChI is InChI=1S/C21H23N3O2/c1-3-15-7-5-8-16(4-2)20(15)24-21(25)17-10-11-22-19(13-17)23-14-18-9-6-12-26-18/h5-13H,3-4,14H2,1-2H3,(H,22,23)(H,24,25). The third-order valence-corrected chi connectivity index (χ3v) is 4.28. The van der Waals surface area contributed by atoms with Crippen LogP contribution in [-0.4, -0.2) is 10.9 Å². The highest BCUT2D eigenvalue weighted by Gasteiger charge is 2.12. The Hall–Kier alpha value is -3.08. The summed E-state index contributed by atoms with van der Waals surface area (Å²) in [6, 6.07) is 13.3. The van der Waals surface area contributed by atoms with Gasteiger partial charge in [-0.3, -0.25) is 4.79 Å². The molecule has 0 atom stereocenters. The summed E-state index contributed by atoms with van der Waals surface area (Å²) < 4.78 is 5.29. The van der Waals surface area contributed by atoms with Gasteiger partial charge in [0.2, 0.25) is 0 Å². The van der Waals surface area contributed by atoms with Crippen LogP contribution in [0.15, 0.2) is 59.3 Å². The maximum absolute atomic E-state index is 12.8. The summed E-state index contributed by atoms with van der Waals surface area (Å²) in [4.78, 5) is 17.0. The van der Waals surface area contributed by atoms with E-state index in [1.165, 1.54) is 0 Å². The minimum atomic E-state index is -0.135. The number of aromatic nitrogens is 1. The molecular formula is C21H23N3O2. The first kappa shape index (κ1) is 17.7. The molecule has 3 aromatic rings. The number of rotatable bonds is 7. The predicted molar refractivity (Wildman–Crippen MR) is 103 cm³/mol. The molecule has 2 N–H and O–H groups in total. The van der Waals surface area contributed by atoms with Crippen LogP contribution in [0, 0.1) is 0 Å². The largest absolute Gasteiger partial charge is 0.467 e. The summed E-state index contributed by atoms with van der Waals surface area (Å²) in [5.74, 6) is 1.31. The van der Waals surface area contributed by atoms with Crippen molar-refractivity contribution in [2.75, 3.05) is 10.6 Å². The van der Waals surface area contributed by atoms with E-state index in [1.807, 2.05) is 18.2 Å². The molecule has 1 amide bonds. The molecule has 1 aromatic carbocycles. The Balaban J connectivity index is 1.75. The number of aryl methyl sites for hydroxylation is 2. The fourth-order valence-corrected chi connectivity index (χ4v) is 2.85. The number of benzene rings is 1. The molecule has 26 heavy (non-hydrogen) atoms. The van der Waals surface area contributed by atoms with E-state index in [0.29, 0.717) is 17.9 Å². The summed E-state index contributed by atoms with van der Waals surface area (Å²) in [7, 11) is 0. The van der Waals surface area contributed by atoms with Crippen molar-refractivity contribution in [3.05, 3.63) is 77.4 Å². The monoisotopic (exact) mass is 349 g/mol. The normalized spacial score (nSPS) is 10.5. The Morgan fingerprint density at radius 3 is 2.50 bits per heavy atom. The SMILES string of the molecule is CCc1cccc(CC)c1NC(=O)c1ccnc(NCc2ccco2)c1. The average Bonchev–Trinajstić information content (AvgIpc) is 3.20. The van der Waals surface area contributed by atoms with Gasteiger partial charge < -0.3 is 15.1 Å². The van der Waals surface area contributed by atoms with E-state index in [0.717, 1.165) is 35.4 Å². The van der Waals surface area contributed by atoms with E-state index >= 15 is 0 Å². The average molecular weight is 349 g/mol. The lowest BCUT2D eigenvalue weighted by molar-refractivity contribution is 0.102. The van der Waals surface area contributed by atoms with Crippen LogP contribution in [0.2, 0.25) is 0 Å². The van der Waals surface area contributed by atoms with Gasteiger partial charge in [-0.05, 0) is 48.2 Å². The zero-order valence-electron chi connectivity index (χ0n) is 15.1. The molecule has 0 spiro atoms. The van der Waals surface area contributed by atoms with Crippen molar-refractivity contribution >= 4 is 17.4 Å². The molecule has 2 heterocycles. The number of furan rings is 1. The van der Waals surface area contributed by atoms with Gasteiger partial charge >= 0.3 is 0 Å². The summed E-state index contributed by atoms with van der Waals surface area (Å²) in [5.41, 5.74) is 3.77. The van der Waals surface area contributed by atoms with E-state index in [4.69, 9.17) is 4.42 Å². The van der Waals surface area contributed by atoms with Crippen LogP contribution < -0.4 is 10.6 Å². The Labute approximate surface area is 153 Å². The van der Waals surface area contributed by atoms with E-state index in [1.54, 1.807) is 24.6 Å². The molecule has 0 unspecified atom stereocenters. The second kappa shape index (κ2) is 8.34. The van der Waals surface area contributed by atoms with Crippen LogP contribution >= 0.6 is 0 Å². The molecule has 0 saturated carbocycles. The zero-order chi connectivity index (χ0) is 18.4. The number of carbonyl (C=O) groups is 1. The van der Waals surface area contributed by atoms with Crippen LogP contribution in [0.3, 0.4) is 0 Å². The van der Waals surface area contributed by atoms with Crippen LogP contribution in [0.4, 0.5) is 11.5 Å². The summed E-state index contributed by atoms with van der Waals surface area (Å²) in [6.07, 6.45) is 5.00. The Morgan fingerprint density at radius 1 is 1.08 bits per heavy atom. The van der Waals surface area contributed by atoms with Gasteiger partial charge in [0.05, 0.1) is 12.8 Å². The van der Waals surface area contributed by atoms with Gasteiger partial charge in [-0.1, -0.05) is 32.0 Å².